The van der Waals surface area contributed by atoms with Crippen LogP contribution >= 0.6 is 11.6 Å². The van der Waals surface area contributed by atoms with Gasteiger partial charge in [-0.2, -0.15) is 0 Å². The highest BCUT2D eigenvalue weighted by atomic mass is 35.5. The number of hydrogen-bond acceptors (Lipinski definition) is 5. The molecule has 3 N–H and O–H groups in total. The molecule has 0 aliphatic heterocycles. The molecule has 0 amide bonds. The van der Waals surface area contributed by atoms with Gasteiger partial charge in [-0.1, -0.05) is 18.5 Å². The molecule has 96 valence electrons. The Morgan fingerprint density at radius 3 is 2.76 bits per heavy atom. The quantitative estimate of drug-likeness (QED) is 0.592. The zero-order valence-electron chi connectivity index (χ0n) is 9.48. The van der Waals surface area contributed by atoms with Gasteiger partial charge in [0.05, 0.1) is 5.75 Å². The van der Waals surface area contributed by atoms with E-state index in [-0.39, 0.29) is 5.75 Å². The number of sulfonamides is 1. The van der Waals surface area contributed by atoms with Crippen molar-refractivity contribution in [3.8, 4) is 0 Å². The number of nitrogens with two attached hydrogens (primary N) is 1. The molecule has 0 aromatic carbocycles. The maximum atomic E-state index is 10.7. The fourth-order valence-corrected chi connectivity index (χ4v) is 1.95. The number of aromatic nitrogens is 2. The van der Waals surface area contributed by atoms with Crippen molar-refractivity contribution in [2.75, 3.05) is 17.6 Å². The van der Waals surface area contributed by atoms with Crippen molar-refractivity contribution in [3.63, 3.8) is 0 Å². The SMILES string of the molecule is CCc1nc(Cl)cc(NCCCS(N)(=O)=O)n1. The van der Waals surface area contributed by atoms with Crippen molar-refractivity contribution in [2.24, 2.45) is 5.14 Å². The minimum Gasteiger partial charge on any atom is -0.370 e. The Morgan fingerprint density at radius 1 is 1.47 bits per heavy atom. The van der Waals surface area contributed by atoms with E-state index in [0.717, 1.165) is 0 Å². The number of halogens is 1. The van der Waals surface area contributed by atoms with Crippen LogP contribution in [0.1, 0.15) is 19.2 Å². The maximum Gasteiger partial charge on any atom is 0.209 e. The molecule has 0 spiro atoms. The van der Waals surface area contributed by atoms with E-state index in [1.807, 2.05) is 6.92 Å². The van der Waals surface area contributed by atoms with Gasteiger partial charge in [0.25, 0.3) is 0 Å². The monoisotopic (exact) mass is 278 g/mol. The van der Waals surface area contributed by atoms with Crippen LogP contribution in [-0.2, 0) is 16.4 Å². The first-order valence-corrected chi connectivity index (χ1v) is 7.28. The largest absolute Gasteiger partial charge is 0.370 e. The second kappa shape index (κ2) is 6.13. The summed E-state index contributed by atoms with van der Waals surface area (Å²) in [6.07, 6.45) is 1.11. The van der Waals surface area contributed by atoms with Crippen LogP contribution in [0.4, 0.5) is 5.82 Å². The summed E-state index contributed by atoms with van der Waals surface area (Å²) in [6.45, 7) is 2.39. The van der Waals surface area contributed by atoms with Crippen molar-refractivity contribution < 1.29 is 8.42 Å². The highest BCUT2D eigenvalue weighted by molar-refractivity contribution is 7.89. The molecule has 0 bridgehead atoms. The van der Waals surface area contributed by atoms with Crippen molar-refractivity contribution in [3.05, 3.63) is 17.0 Å². The Labute approximate surface area is 106 Å². The zero-order chi connectivity index (χ0) is 12.9. The van der Waals surface area contributed by atoms with Gasteiger partial charge in [0.1, 0.15) is 16.8 Å². The summed E-state index contributed by atoms with van der Waals surface area (Å²) in [5, 5.41) is 8.23. The third-order valence-corrected chi connectivity index (χ3v) is 3.02. The minimum atomic E-state index is -3.40. The minimum absolute atomic E-state index is 0.0561. The molecule has 8 heteroatoms. The molecule has 0 fully saturated rings. The lowest BCUT2D eigenvalue weighted by molar-refractivity contribution is 0.595. The van der Waals surface area contributed by atoms with Crippen LogP contribution in [0.5, 0.6) is 0 Å². The summed E-state index contributed by atoms with van der Waals surface area (Å²) in [7, 11) is -3.40. The van der Waals surface area contributed by atoms with Gasteiger partial charge >= 0.3 is 0 Å². The van der Waals surface area contributed by atoms with Crippen LogP contribution in [-0.4, -0.2) is 30.7 Å². The molecule has 1 heterocycles. The van der Waals surface area contributed by atoms with E-state index in [2.05, 4.69) is 15.3 Å². The number of aryl methyl sites for hydroxylation is 1. The van der Waals surface area contributed by atoms with Crippen LogP contribution in [0.3, 0.4) is 0 Å². The van der Waals surface area contributed by atoms with Crippen LogP contribution in [0.15, 0.2) is 6.07 Å². The number of hydrogen-bond donors (Lipinski definition) is 2. The Balaban J connectivity index is 2.49. The fourth-order valence-electron chi connectivity index (χ4n) is 1.20. The van der Waals surface area contributed by atoms with Crippen molar-refractivity contribution >= 4 is 27.4 Å². The summed E-state index contributed by atoms with van der Waals surface area (Å²) < 4.78 is 21.4. The van der Waals surface area contributed by atoms with Gasteiger partial charge in [-0.3, -0.25) is 0 Å². The molecule has 0 atom stereocenters. The molecule has 1 rings (SSSR count). The number of primary sulfonamides is 1. The molecular formula is C9H15ClN4O2S. The van der Waals surface area contributed by atoms with E-state index in [1.165, 1.54) is 0 Å². The summed E-state index contributed by atoms with van der Waals surface area (Å²) in [4.78, 5) is 8.22. The number of rotatable bonds is 6. The topological polar surface area (TPSA) is 98.0 Å². The second-order valence-electron chi connectivity index (χ2n) is 3.49. The van der Waals surface area contributed by atoms with Crippen molar-refractivity contribution in [2.45, 2.75) is 19.8 Å². The van der Waals surface area contributed by atoms with E-state index in [4.69, 9.17) is 16.7 Å². The average Bonchev–Trinajstić information content (AvgIpc) is 2.22. The first kappa shape index (κ1) is 14.1. The lowest BCUT2D eigenvalue weighted by atomic mass is 10.4. The van der Waals surface area contributed by atoms with E-state index in [9.17, 15) is 8.42 Å². The highest BCUT2D eigenvalue weighted by Crippen LogP contribution is 2.11. The Bertz CT molecular complexity index is 478. The summed E-state index contributed by atoms with van der Waals surface area (Å²) >= 11 is 5.81. The van der Waals surface area contributed by atoms with Gasteiger partial charge in [-0.25, -0.2) is 23.5 Å². The van der Waals surface area contributed by atoms with Crippen molar-refractivity contribution in [1.82, 2.24) is 9.97 Å². The first-order chi connectivity index (χ1) is 7.90. The number of nitrogens with one attached hydrogen (secondary N) is 1. The summed E-state index contributed by atoms with van der Waals surface area (Å²) in [5.41, 5.74) is 0. The van der Waals surface area contributed by atoms with E-state index in [0.29, 0.717) is 36.2 Å². The molecule has 1 aromatic heterocycles. The molecule has 0 aliphatic rings. The lowest BCUT2D eigenvalue weighted by Gasteiger charge is -2.06. The molecular weight excluding hydrogens is 264 g/mol. The van der Waals surface area contributed by atoms with Gasteiger partial charge in [-0.15, -0.1) is 0 Å². The van der Waals surface area contributed by atoms with E-state index in [1.54, 1.807) is 6.07 Å². The standard InChI is InChI=1S/C9H15ClN4O2S/c1-2-8-13-7(10)6-9(14-8)12-4-3-5-17(11,15)16/h6H,2-5H2,1H3,(H2,11,15,16)(H,12,13,14). The third-order valence-electron chi connectivity index (χ3n) is 1.97. The van der Waals surface area contributed by atoms with Gasteiger partial charge in [0.2, 0.25) is 10.0 Å². The normalized spacial score (nSPS) is 11.5. The Kier molecular flexibility index (Phi) is 5.10. The average molecular weight is 279 g/mol. The van der Waals surface area contributed by atoms with Gasteiger partial charge in [0.15, 0.2) is 0 Å². The van der Waals surface area contributed by atoms with Crippen LogP contribution < -0.4 is 10.5 Å². The molecule has 0 aliphatic carbocycles. The smallest absolute Gasteiger partial charge is 0.209 e. The summed E-state index contributed by atoms with van der Waals surface area (Å²) in [5.74, 6) is 1.18. The number of nitrogens with zero attached hydrogens (tertiary/aromatic N) is 2. The maximum absolute atomic E-state index is 10.7. The molecule has 0 saturated heterocycles. The van der Waals surface area contributed by atoms with Crippen molar-refractivity contribution in [1.29, 1.82) is 0 Å². The van der Waals surface area contributed by atoms with Crippen LogP contribution in [0.2, 0.25) is 5.15 Å². The first-order valence-electron chi connectivity index (χ1n) is 5.18. The van der Waals surface area contributed by atoms with Gasteiger partial charge < -0.3 is 5.32 Å². The third kappa shape index (κ3) is 5.81. The second-order valence-corrected chi connectivity index (χ2v) is 5.61. The zero-order valence-corrected chi connectivity index (χ0v) is 11.1. The Hall–Kier alpha value is -0.920. The predicted octanol–water partition coefficient (Wildman–Crippen LogP) is 0.783. The van der Waals surface area contributed by atoms with Gasteiger partial charge in [-0.05, 0) is 6.42 Å². The van der Waals surface area contributed by atoms with E-state index < -0.39 is 10.0 Å². The lowest BCUT2D eigenvalue weighted by Crippen LogP contribution is -2.19. The molecule has 0 radical (unpaired) electrons. The van der Waals surface area contributed by atoms with Crippen LogP contribution in [0, 0.1) is 0 Å². The molecule has 1 aromatic rings. The number of anilines is 1. The van der Waals surface area contributed by atoms with Gasteiger partial charge in [0, 0.05) is 19.0 Å². The molecule has 0 unspecified atom stereocenters. The molecule has 0 saturated carbocycles. The Morgan fingerprint density at radius 2 is 2.18 bits per heavy atom. The predicted molar refractivity (Wildman–Crippen MR) is 67.5 cm³/mol. The summed E-state index contributed by atoms with van der Waals surface area (Å²) in [6, 6.07) is 1.59. The fraction of sp³-hybridized carbons (Fsp3) is 0.556. The molecule has 17 heavy (non-hydrogen) atoms. The van der Waals surface area contributed by atoms with Crippen LogP contribution in [0.25, 0.3) is 0 Å². The molecule has 6 nitrogen and oxygen atoms in total. The highest BCUT2D eigenvalue weighted by Gasteiger charge is 2.03. The van der Waals surface area contributed by atoms with E-state index >= 15 is 0 Å².